The molecule has 0 bridgehead atoms. The summed E-state index contributed by atoms with van der Waals surface area (Å²) in [5.74, 6) is 1.61. The molecule has 1 heterocycles. The third-order valence-electron chi connectivity index (χ3n) is 2.81. The van der Waals surface area contributed by atoms with Gasteiger partial charge in [-0.1, -0.05) is 26.0 Å². The van der Waals surface area contributed by atoms with Crippen LogP contribution in [-0.4, -0.2) is 15.8 Å². The van der Waals surface area contributed by atoms with Crippen molar-refractivity contribution in [1.29, 1.82) is 0 Å². The van der Waals surface area contributed by atoms with Crippen LogP contribution < -0.4 is 10.1 Å². The molecule has 0 aliphatic heterocycles. The number of ether oxygens (including phenoxy) is 1. The van der Waals surface area contributed by atoms with Gasteiger partial charge in [0.05, 0.1) is 12.4 Å². The van der Waals surface area contributed by atoms with Crippen LogP contribution in [0.1, 0.15) is 26.3 Å². The number of nitrogens with zero attached hydrogens (tertiary/aromatic N) is 2. The van der Waals surface area contributed by atoms with Crippen LogP contribution in [0.3, 0.4) is 0 Å². The van der Waals surface area contributed by atoms with Gasteiger partial charge in [0.2, 0.25) is 0 Å². The van der Waals surface area contributed by atoms with E-state index in [4.69, 9.17) is 4.74 Å². The van der Waals surface area contributed by atoms with Crippen molar-refractivity contribution >= 4 is 0 Å². The minimum absolute atomic E-state index is 0.496. The Hall–Kier alpha value is -1.81. The van der Waals surface area contributed by atoms with Crippen LogP contribution in [-0.2, 0) is 13.1 Å². The first-order valence-electron chi connectivity index (χ1n) is 6.70. The minimum atomic E-state index is 0.496. The lowest BCUT2D eigenvalue weighted by atomic mass is 10.2. The Morgan fingerprint density at radius 3 is 2.53 bits per heavy atom. The molecule has 1 N–H and O–H groups in total. The maximum atomic E-state index is 5.74. The second kappa shape index (κ2) is 6.38. The number of aromatic nitrogens is 2. The van der Waals surface area contributed by atoms with E-state index in [9.17, 15) is 0 Å². The zero-order chi connectivity index (χ0) is 13.7. The van der Waals surface area contributed by atoms with Gasteiger partial charge in [0.25, 0.3) is 0 Å². The van der Waals surface area contributed by atoms with Crippen LogP contribution in [0.25, 0.3) is 0 Å². The molecule has 0 unspecified atom stereocenters. The van der Waals surface area contributed by atoms with Gasteiger partial charge >= 0.3 is 0 Å². The molecule has 0 spiro atoms. The number of nitrogens with one attached hydrogen (secondary N) is 1. The third kappa shape index (κ3) is 4.10. The van der Waals surface area contributed by atoms with Crippen molar-refractivity contribution in [2.24, 2.45) is 0 Å². The average molecular weight is 259 g/mol. The van der Waals surface area contributed by atoms with Gasteiger partial charge < -0.3 is 10.1 Å². The normalized spacial score (nSPS) is 10.9. The van der Waals surface area contributed by atoms with E-state index in [0.29, 0.717) is 6.04 Å². The highest BCUT2D eigenvalue weighted by molar-refractivity contribution is 5.31. The van der Waals surface area contributed by atoms with Gasteiger partial charge in [-0.2, -0.15) is 5.10 Å². The fraction of sp³-hybridized carbons (Fsp3) is 0.400. The third-order valence-corrected chi connectivity index (χ3v) is 2.81. The van der Waals surface area contributed by atoms with E-state index < -0.39 is 0 Å². The smallest absolute Gasteiger partial charge is 0.165 e. The van der Waals surface area contributed by atoms with Crippen LogP contribution in [0, 0.1) is 0 Å². The SMILES string of the molecule is CCn1cc(Oc2ccc(CNC(C)C)cc2)cn1. The van der Waals surface area contributed by atoms with E-state index in [-0.39, 0.29) is 0 Å². The van der Waals surface area contributed by atoms with Crippen molar-refractivity contribution in [3.8, 4) is 11.5 Å². The molecule has 0 radical (unpaired) electrons. The summed E-state index contributed by atoms with van der Waals surface area (Å²) in [6.45, 7) is 8.06. The first kappa shape index (κ1) is 13.6. The van der Waals surface area contributed by atoms with Crippen molar-refractivity contribution in [1.82, 2.24) is 15.1 Å². The quantitative estimate of drug-likeness (QED) is 0.866. The largest absolute Gasteiger partial charge is 0.454 e. The standard InChI is InChI=1S/C15H21N3O/c1-4-18-11-15(10-17-18)19-14-7-5-13(6-8-14)9-16-12(2)3/h5-8,10-12,16H,4,9H2,1-3H3. The summed E-state index contributed by atoms with van der Waals surface area (Å²) < 4.78 is 7.58. The molecule has 19 heavy (non-hydrogen) atoms. The highest BCUT2D eigenvalue weighted by Gasteiger charge is 2.01. The lowest BCUT2D eigenvalue weighted by molar-refractivity contribution is 0.480. The van der Waals surface area contributed by atoms with Gasteiger partial charge in [0.1, 0.15) is 5.75 Å². The molecule has 0 fully saturated rings. The first-order chi connectivity index (χ1) is 9.17. The molecular weight excluding hydrogens is 238 g/mol. The molecule has 0 aliphatic rings. The minimum Gasteiger partial charge on any atom is -0.454 e. The Balaban J connectivity index is 1.94. The Morgan fingerprint density at radius 1 is 1.21 bits per heavy atom. The topological polar surface area (TPSA) is 39.1 Å². The molecule has 0 aliphatic carbocycles. The van der Waals surface area contributed by atoms with Crippen LogP contribution >= 0.6 is 0 Å². The Bertz CT molecular complexity index is 502. The summed E-state index contributed by atoms with van der Waals surface area (Å²) in [5, 5.41) is 7.57. The molecule has 1 aromatic carbocycles. The second-order valence-corrected chi connectivity index (χ2v) is 4.81. The van der Waals surface area contributed by atoms with Gasteiger partial charge in [0, 0.05) is 19.1 Å². The van der Waals surface area contributed by atoms with Crippen molar-refractivity contribution in [3.05, 3.63) is 42.2 Å². The van der Waals surface area contributed by atoms with Gasteiger partial charge in [-0.15, -0.1) is 0 Å². The predicted octanol–water partition coefficient (Wildman–Crippen LogP) is 3.19. The number of hydrogen-bond acceptors (Lipinski definition) is 3. The summed E-state index contributed by atoms with van der Waals surface area (Å²) in [5.41, 5.74) is 1.25. The van der Waals surface area contributed by atoms with Crippen molar-refractivity contribution in [3.63, 3.8) is 0 Å². The van der Waals surface area contributed by atoms with Gasteiger partial charge in [-0.25, -0.2) is 0 Å². The summed E-state index contributed by atoms with van der Waals surface area (Å²) in [7, 11) is 0. The number of benzene rings is 1. The van der Waals surface area contributed by atoms with Crippen molar-refractivity contribution in [2.45, 2.75) is 39.9 Å². The molecular formula is C15H21N3O. The Labute approximate surface area is 114 Å². The molecule has 0 amide bonds. The molecule has 1 aromatic heterocycles. The monoisotopic (exact) mass is 259 g/mol. The van der Waals surface area contributed by atoms with Crippen LogP contribution in [0.2, 0.25) is 0 Å². The summed E-state index contributed by atoms with van der Waals surface area (Å²) >= 11 is 0. The number of hydrogen-bond donors (Lipinski definition) is 1. The molecule has 4 nitrogen and oxygen atoms in total. The molecule has 2 aromatic rings. The number of rotatable bonds is 6. The van der Waals surface area contributed by atoms with E-state index in [1.54, 1.807) is 6.20 Å². The summed E-state index contributed by atoms with van der Waals surface area (Å²) in [6, 6.07) is 8.63. The van der Waals surface area contributed by atoms with Gasteiger partial charge in [-0.3, -0.25) is 4.68 Å². The zero-order valence-electron chi connectivity index (χ0n) is 11.8. The van der Waals surface area contributed by atoms with Gasteiger partial charge in [0.15, 0.2) is 5.75 Å². The Morgan fingerprint density at radius 2 is 1.95 bits per heavy atom. The van der Waals surface area contributed by atoms with E-state index in [1.165, 1.54) is 5.56 Å². The lowest BCUT2D eigenvalue weighted by Crippen LogP contribution is -2.21. The van der Waals surface area contributed by atoms with Crippen LogP contribution in [0.5, 0.6) is 11.5 Å². The van der Waals surface area contributed by atoms with E-state index in [2.05, 4.69) is 36.4 Å². The fourth-order valence-corrected chi connectivity index (χ4v) is 1.70. The molecule has 0 saturated carbocycles. The van der Waals surface area contributed by atoms with Crippen molar-refractivity contribution < 1.29 is 4.74 Å². The van der Waals surface area contributed by atoms with Crippen molar-refractivity contribution in [2.75, 3.05) is 0 Å². The predicted molar refractivity (Wildman–Crippen MR) is 76.4 cm³/mol. The van der Waals surface area contributed by atoms with Crippen LogP contribution in [0.4, 0.5) is 0 Å². The van der Waals surface area contributed by atoms with Crippen LogP contribution in [0.15, 0.2) is 36.7 Å². The lowest BCUT2D eigenvalue weighted by Gasteiger charge is -2.08. The second-order valence-electron chi connectivity index (χ2n) is 4.81. The molecule has 4 heteroatoms. The summed E-state index contributed by atoms with van der Waals surface area (Å²) in [6.07, 6.45) is 3.63. The maximum Gasteiger partial charge on any atom is 0.165 e. The van der Waals surface area contributed by atoms with E-state index in [0.717, 1.165) is 24.6 Å². The Kier molecular flexibility index (Phi) is 4.58. The molecule has 102 valence electrons. The van der Waals surface area contributed by atoms with E-state index >= 15 is 0 Å². The molecule has 0 saturated heterocycles. The van der Waals surface area contributed by atoms with Gasteiger partial charge in [-0.05, 0) is 24.6 Å². The average Bonchev–Trinajstić information content (AvgIpc) is 2.85. The molecule has 0 atom stereocenters. The zero-order valence-corrected chi connectivity index (χ0v) is 11.8. The highest BCUT2D eigenvalue weighted by Crippen LogP contribution is 2.20. The fourth-order valence-electron chi connectivity index (χ4n) is 1.70. The highest BCUT2D eigenvalue weighted by atomic mass is 16.5. The summed E-state index contributed by atoms with van der Waals surface area (Å²) in [4.78, 5) is 0. The first-order valence-corrected chi connectivity index (χ1v) is 6.70. The molecule has 2 rings (SSSR count). The number of aryl methyl sites for hydroxylation is 1. The van der Waals surface area contributed by atoms with E-state index in [1.807, 2.05) is 29.9 Å². The maximum absolute atomic E-state index is 5.74.